The van der Waals surface area contributed by atoms with Crippen molar-refractivity contribution in [3.8, 4) is 0 Å². The largest absolute Gasteiger partial charge is 0.235 e. The maximum Gasteiger partial charge on any atom is 0.149 e. The summed E-state index contributed by atoms with van der Waals surface area (Å²) in [5.74, 6) is 0. The van der Waals surface area contributed by atoms with Gasteiger partial charge in [-0.1, -0.05) is 0 Å². The highest BCUT2D eigenvalue weighted by Crippen LogP contribution is 2.17. The summed E-state index contributed by atoms with van der Waals surface area (Å²) in [5.41, 5.74) is 0. The first-order valence-electron chi connectivity index (χ1n) is 5.42. The van der Waals surface area contributed by atoms with Gasteiger partial charge in [-0.25, -0.2) is 24.6 Å². The lowest BCUT2D eigenvalue weighted by molar-refractivity contribution is -0.353. The maximum atomic E-state index is 5.12. The second-order valence-corrected chi connectivity index (χ2v) is 3.95. The van der Waals surface area contributed by atoms with Crippen LogP contribution in [0.25, 0.3) is 0 Å². The molecule has 4 unspecified atom stereocenters. The molecule has 8 heteroatoms. The van der Waals surface area contributed by atoms with Gasteiger partial charge >= 0.3 is 0 Å². The molecule has 0 aromatic rings. The normalized spacial score (nSPS) is 45.0. The summed E-state index contributed by atoms with van der Waals surface area (Å²) in [7, 11) is 0. The third-order valence-electron chi connectivity index (χ3n) is 2.87. The molecule has 0 saturated carbocycles. The lowest BCUT2D eigenvalue weighted by Gasteiger charge is -2.45. The summed E-state index contributed by atoms with van der Waals surface area (Å²) in [4.78, 5) is 20.3. The number of rotatable bonds is 0. The third kappa shape index (κ3) is 2.19. The smallest absolute Gasteiger partial charge is 0.149 e. The molecule has 0 amide bonds. The molecule has 0 spiro atoms. The minimum absolute atomic E-state index is 0.410. The first-order chi connectivity index (χ1) is 7.93. The molecule has 0 aliphatic carbocycles. The molecule has 0 aromatic carbocycles. The molecule has 0 aromatic heterocycles. The van der Waals surface area contributed by atoms with Gasteiger partial charge in [-0.2, -0.15) is 15.0 Å². The Bertz CT molecular complexity index is 222. The molecule has 3 fully saturated rings. The van der Waals surface area contributed by atoms with E-state index in [9.17, 15) is 0 Å². The Morgan fingerprint density at radius 2 is 1.19 bits per heavy atom. The summed E-state index contributed by atoms with van der Waals surface area (Å²) in [5, 5.41) is 8.41. The van der Waals surface area contributed by atoms with Crippen LogP contribution >= 0.6 is 0 Å². The van der Waals surface area contributed by atoms with E-state index in [2.05, 4.69) is 10.0 Å². The predicted molar refractivity (Wildman–Crippen MR) is 50.4 cm³/mol. The van der Waals surface area contributed by atoms with Gasteiger partial charge in [-0.15, -0.1) is 0 Å². The van der Waals surface area contributed by atoms with E-state index in [1.54, 1.807) is 0 Å². The number of hydrogen-bond donors (Lipinski definition) is 0. The molecule has 3 rings (SSSR count). The Balaban J connectivity index is 1.75. The lowest BCUT2D eigenvalue weighted by Crippen LogP contribution is -2.63. The highest BCUT2D eigenvalue weighted by atomic mass is 17.2. The highest BCUT2D eigenvalue weighted by molar-refractivity contribution is 4.64. The third-order valence-corrected chi connectivity index (χ3v) is 2.87. The van der Waals surface area contributed by atoms with Crippen molar-refractivity contribution in [1.29, 1.82) is 0 Å². The van der Waals surface area contributed by atoms with Gasteiger partial charge in [0.2, 0.25) is 0 Å². The average Bonchev–Trinajstić information content (AvgIpc) is 2.45. The van der Waals surface area contributed by atoms with Crippen molar-refractivity contribution < 1.29 is 19.6 Å². The van der Waals surface area contributed by atoms with Crippen LogP contribution in [0.15, 0.2) is 0 Å². The van der Waals surface area contributed by atoms with E-state index in [-0.39, 0.29) is 0 Å². The van der Waals surface area contributed by atoms with Crippen LogP contribution in [0.4, 0.5) is 0 Å². The van der Waals surface area contributed by atoms with E-state index in [0.717, 1.165) is 26.3 Å². The van der Waals surface area contributed by atoms with E-state index < -0.39 is 0 Å². The van der Waals surface area contributed by atoms with Crippen LogP contribution in [0.3, 0.4) is 0 Å². The Morgan fingerprint density at radius 3 is 1.94 bits per heavy atom. The summed E-state index contributed by atoms with van der Waals surface area (Å²) in [6.07, 6.45) is 0.936. The minimum Gasteiger partial charge on any atom is -0.235 e. The summed E-state index contributed by atoms with van der Waals surface area (Å²) < 4.78 is 0. The molecule has 0 N–H and O–H groups in total. The van der Waals surface area contributed by atoms with Gasteiger partial charge in [0.1, 0.15) is 20.2 Å². The zero-order valence-electron chi connectivity index (χ0n) is 9.08. The van der Waals surface area contributed by atoms with Gasteiger partial charge in [-0.05, 0) is 6.42 Å². The van der Waals surface area contributed by atoms with Crippen LogP contribution < -0.4 is 0 Å². The molecular weight excluding hydrogens is 216 g/mol. The highest BCUT2D eigenvalue weighted by Gasteiger charge is 2.33. The zero-order chi connectivity index (χ0) is 10.8. The standard InChI is InChI=1S/C8H16N4O4/c1-2-9-4-11(7-14-13-3-1)12-5-10(9)6-15-16-8-12/h1-8H2. The minimum atomic E-state index is 0.410. The zero-order valence-corrected chi connectivity index (χ0v) is 9.08. The molecule has 92 valence electrons. The molecule has 3 heterocycles. The van der Waals surface area contributed by atoms with Crippen molar-refractivity contribution in [3.63, 3.8) is 0 Å². The SMILES string of the molecule is C1COOCN2CN(C1)N1COOCN2C1. The first-order valence-corrected chi connectivity index (χ1v) is 5.42. The van der Waals surface area contributed by atoms with E-state index in [0.29, 0.717) is 26.8 Å². The van der Waals surface area contributed by atoms with Gasteiger partial charge in [-0.3, -0.25) is 0 Å². The Labute approximate surface area is 93.6 Å². The van der Waals surface area contributed by atoms with Crippen LogP contribution in [0, 0.1) is 0 Å². The van der Waals surface area contributed by atoms with E-state index in [4.69, 9.17) is 19.6 Å². The quantitative estimate of drug-likeness (QED) is 0.500. The molecule has 3 saturated heterocycles. The maximum absolute atomic E-state index is 5.12. The van der Waals surface area contributed by atoms with Crippen LogP contribution in [0.1, 0.15) is 6.42 Å². The Kier molecular flexibility index (Phi) is 3.31. The molecule has 0 radical (unpaired) electrons. The van der Waals surface area contributed by atoms with Crippen molar-refractivity contribution in [2.45, 2.75) is 6.42 Å². The van der Waals surface area contributed by atoms with Gasteiger partial charge in [0.05, 0.1) is 19.9 Å². The Morgan fingerprint density at radius 1 is 0.625 bits per heavy atom. The van der Waals surface area contributed by atoms with E-state index in [1.807, 2.05) is 10.0 Å². The number of hydrogen-bond acceptors (Lipinski definition) is 8. The summed E-state index contributed by atoms with van der Waals surface area (Å²) >= 11 is 0. The fourth-order valence-corrected chi connectivity index (χ4v) is 1.97. The van der Waals surface area contributed by atoms with E-state index in [1.165, 1.54) is 0 Å². The fourth-order valence-electron chi connectivity index (χ4n) is 1.97. The van der Waals surface area contributed by atoms with Crippen molar-refractivity contribution in [2.24, 2.45) is 0 Å². The molecule has 3 aliphatic heterocycles. The van der Waals surface area contributed by atoms with Crippen molar-refractivity contribution in [1.82, 2.24) is 20.0 Å². The van der Waals surface area contributed by atoms with Crippen molar-refractivity contribution in [3.05, 3.63) is 0 Å². The van der Waals surface area contributed by atoms with Gasteiger partial charge in [0.15, 0.2) is 0 Å². The second kappa shape index (κ2) is 4.90. The van der Waals surface area contributed by atoms with E-state index >= 15 is 0 Å². The number of fused-ring (bicyclic) bond motifs is 6. The number of nitrogens with zero attached hydrogens (tertiary/aromatic N) is 4. The predicted octanol–water partition coefficient (Wildman–Crippen LogP) is -0.861. The van der Waals surface area contributed by atoms with Crippen LogP contribution in [-0.2, 0) is 19.6 Å². The molecule has 4 atom stereocenters. The first kappa shape index (κ1) is 10.8. The van der Waals surface area contributed by atoms with Gasteiger partial charge < -0.3 is 0 Å². The molecular formula is C8H16N4O4. The van der Waals surface area contributed by atoms with Gasteiger partial charge in [0.25, 0.3) is 0 Å². The van der Waals surface area contributed by atoms with Crippen molar-refractivity contribution in [2.75, 3.05) is 46.7 Å². The topological polar surface area (TPSA) is 49.9 Å². The second-order valence-electron chi connectivity index (χ2n) is 3.95. The van der Waals surface area contributed by atoms with Crippen LogP contribution in [-0.4, -0.2) is 66.7 Å². The summed E-state index contributed by atoms with van der Waals surface area (Å²) in [6.45, 7) is 4.36. The molecule has 3 aliphatic rings. The molecule has 16 heavy (non-hydrogen) atoms. The van der Waals surface area contributed by atoms with Crippen molar-refractivity contribution >= 4 is 0 Å². The van der Waals surface area contributed by atoms with Crippen LogP contribution in [0.2, 0.25) is 0 Å². The number of hydrazine groups is 2. The summed E-state index contributed by atoms with van der Waals surface area (Å²) in [6, 6.07) is 0. The molecule has 4 bridgehead atoms. The van der Waals surface area contributed by atoms with Crippen LogP contribution in [0.5, 0.6) is 0 Å². The lowest BCUT2D eigenvalue weighted by atomic mass is 10.4. The monoisotopic (exact) mass is 232 g/mol. The molecule has 8 nitrogen and oxygen atoms in total. The van der Waals surface area contributed by atoms with Gasteiger partial charge in [0, 0.05) is 6.54 Å². The Hall–Kier alpha value is -0.320. The average molecular weight is 232 g/mol. The fraction of sp³-hybridized carbons (Fsp3) is 1.00.